The van der Waals surface area contributed by atoms with Crippen LogP contribution >= 0.6 is 0 Å². The van der Waals surface area contributed by atoms with Crippen molar-refractivity contribution < 1.29 is 9.59 Å². The van der Waals surface area contributed by atoms with Crippen molar-refractivity contribution in [1.29, 1.82) is 0 Å². The summed E-state index contributed by atoms with van der Waals surface area (Å²) in [5, 5.41) is 0. The molecular weight excluding hydrogens is 452 g/mol. The maximum Gasteiger partial charge on any atom is 0.143 e. The molecule has 0 radical (unpaired) electrons. The Morgan fingerprint density at radius 3 is 2.62 bits per heavy atom. The molecule has 8 atom stereocenters. The van der Waals surface area contributed by atoms with Crippen LogP contribution in [0.1, 0.15) is 143 Å². The number of Topliss-reactive ketones (excluding diaryl/α,β-unsaturated/α-hetero) is 2. The van der Waals surface area contributed by atoms with E-state index in [-0.39, 0.29) is 17.5 Å². The predicted molar refractivity (Wildman–Crippen MR) is 153 cm³/mol. The van der Waals surface area contributed by atoms with E-state index in [2.05, 4.69) is 33.8 Å². The number of hydrogen-bond acceptors (Lipinski definition) is 2. The van der Waals surface area contributed by atoms with Crippen molar-refractivity contribution in [3.05, 3.63) is 11.6 Å². The van der Waals surface area contributed by atoms with E-state index in [0.717, 1.165) is 61.7 Å². The van der Waals surface area contributed by atoms with Crippen molar-refractivity contribution >= 4 is 11.6 Å². The Labute approximate surface area is 228 Å². The molecule has 0 N–H and O–H groups in total. The van der Waals surface area contributed by atoms with Gasteiger partial charge in [0.15, 0.2) is 0 Å². The Balaban J connectivity index is 1.21. The normalized spacial score (nSPS) is 42.0. The van der Waals surface area contributed by atoms with Crippen LogP contribution in [-0.4, -0.2) is 11.6 Å². The molecule has 0 aliphatic heterocycles. The van der Waals surface area contributed by atoms with Gasteiger partial charge in [-0.2, -0.15) is 0 Å². The summed E-state index contributed by atoms with van der Waals surface area (Å²) in [6.45, 7) is 10.0. The number of carbonyl (C=O) groups excluding carboxylic acids is 2. The third-order valence-electron chi connectivity index (χ3n) is 12.7. The third kappa shape index (κ3) is 5.43. The standard InChI is InChI=1S/C35H56O2/c1-24(2)10-8-9-11-26-15-17-30-28-16-14-27-22-25(23-33(37)29-12-6-5-7-13-32(29)36)18-20-35(27,4)31(28)19-21-34(26,30)3/h14,24-26,28-31H,5-13,15-23H2,1-4H3/t25?,26-,28?,29?,30?,31?,34+,35-/m0/s1. The molecule has 5 unspecified atom stereocenters. The molecule has 0 aromatic heterocycles. The fourth-order valence-electron chi connectivity index (χ4n) is 10.4. The van der Waals surface area contributed by atoms with Crippen molar-refractivity contribution in [3.8, 4) is 0 Å². The van der Waals surface area contributed by atoms with E-state index in [9.17, 15) is 9.59 Å². The van der Waals surface area contributed by atoms with Gasteiger partial charge < -0.3 is 0 Å². The molecule has 0 saturated heterocycles. The minimum Gasteiger partial charge on any atom is -0.299 e. The molecule has 2 nitrogen and oxygen atoms in total. The van der Waals surface area contributed by atoms with E-state index >= 15 is 0 Å². The van der Waals surface area contributed by atoms with Crippen LogP contribution in [-0.2, 0) is 9.59 Å². The zero-order chi connectivity index (χ0) is 26.2. The Morgan fingerprint density at radius 1 is 0.973 bits per heavy atom. The second kappa shape index (κ2) is 11.3. The van der Waals surface area contributed by atoms with Gasteiger partial charge in [0.1, 0.15) is 11.6 Å². The first kappa shape index (κ1) is 27.6. The van der Waals surface area contributed by atoms with Gasteiger partial charge in [-0.1, -0.05) is 71.4 Å². The second-order valence-electron chi connectivity index (χ2n) is 15.2. The van der Waals surface area contributed by atoms with Crippen molar-refractivity contribution in [1.82, 2.24) is 0 Å². The summed E-state index contributed by atoms with van der Waals surface area (Å²) in [6.07, 6.45) is 24.3. The number of rotatable bonds is 8. The molecule has 0 aromatic carbocycles. The summed E-state index contributed by atoms with van der Waals surface area (Å²) in [7, 11) is 0. The van der Waals surface area contributed by atoms with E-state index < -0.39 is 0 Å². The lowest BCUT2D eigenvalue weighted by atomic mass is 9.46. The molecule has 4 saturated carbocycles. The van der Waals surface area contributed by atoms with Crippen LogP contribution in [0.2, 0.25) is 0 Å². The van der Waals surface area contributed by atoms with E-state index in [4.69, 9.17) is 0 Å². The highest BCUT2D eigenvalue weighted by atomic mass is 16.1. The highest BCUT2D eigenvalue weighted by Gasteiger charge is 2.58. The van der Waals surface area contributed by atoms with Crippen molar-refractivity contribution in [2.24, 2.45) is 52.3 Å². The van der Waals surface area contributed by atoms with Crippen LogP contribution in [0.5, 0.6) is 0 Å². The number of hydrogen-bond donors (Lipinski definition) is 0. The zero-order valence-electron chi connectivity index (χ0n) is 24.7. The second-order valence-corrected chi connectivity index (χ2v) is 15.2. The van der Waals surface area contributed by atoms with E-state index in [1.807, 2.05) is 0 Å². The molecule has 0 heterocycles. The quantitative estimate of drug-likeness (QED) is 0.142. The van der Waals surface area contributed by atoms with E-state index in [1.54, 1.807) is 5.57 Å². The summed E-state index contributed by atoms with van der Waals surface area (Å²) in [5.74, 6) is 5.16. The Morgan fingerprint density at radius 2 is 1.81 bits per heavy atom. The first-order valence-electron chi connectivity index (χ1n) is 16.5. The fourth-order valence-corrected chi connectivity index (χ4v) is 10.4. The summed E-state index contributed by atoms with van der Waals surface area (Å²) in [4.78, 5) is 25.7. The maximum atomic E-state index is 13.2. The molecule has 0 aromatic rings. The van der Waals surface area contributed by atoms with Gasteiger partial charge in [-0.15, -0.1) is 0 Å². The van der Waals surface area contributed by atoms with Crippen LogP contribution in [0.4, 0.5) is 0 Å². The largest absolute Gasteiger partial charge is 0.299 e. The Bertz CT molecular complexity index is 868. The van der Waals surface area contributed by atoms with Crippen LogP contribution in [0, 0.1) is 52.3 Å². The topological polar surface area (TPSA) is 34.1 Å². The summed E-state index contributed by atoms with van der Waals surface area (Å²) >= 11 is 0. The molecule has 37 heavy (non-hydrogen) atoms. The van der Waals surface area contributed by atoms with Crippen LogP contribution in [0.3, 0.4) is 0 Å². The highest BCUT2D eigenvalue weighted by Crippen LogP contribution is 2.67. The smallest absolute Gasteiger partial charge is 0.143 e. The monoisotopic (exact) mass is 508 g/mol. The van der Waals surface area contributed by atoms with Gasteiger partial charge in [0.05, 0.1) is 5.92 Å². The lowest BCUT2D eigenvalue weighted by molar-refractivity contribution is -0.133. The van der Waals surface area contributed by atoms with Crippen LogP contribution in [0.15, 0.2) is 11.6 Å². The molecule has 208 valence electrons. The Kier molecular flexibility index (Phi) is 8.43. The van der Waals surface area contributed by atoms with Gasteiger partial charge in [-0.05, 0) is 117 Å². The highest BCUT2D eigenvalue weighted by molar-refractivity contribution is 6.02. The minimum absolute atomic E-state index is 0.239. The minimum atomic E-state index is -0.280. The molecule has 5 aliphatic carbocycles. The number of fused-ring (bicyclic) bond motifs is 5. The van der Waals surface area contributed by atoms with Gasteiger partial charge in [0.25, 0.3) is 0 Å². The summed E-state index contributed by atoms with van der Waals surface area (Å²) in [5.41, 5.74) is 2.63. The number of carbonyl (C=O) groups is 2. The molecule has 5 rings (SSSR count). The van der Waals surface area contributed by atoms with Gasteiger partial charge in [-0.3, -0.25) is 9.59 Å². The molecule has 0 spiro atoms. The molecular formula is C35H56O2. The van der Waals surface area contributed by atoms with Gasteiger partial charge in [0, 0.05) is 12.8 Å². The van der Waals surface area contributed by atoms with Crippen molar-refractivity contribution in [2.45, 2.75) is 143 Å². The number of ketones is 2. The fraction of sp³-hybridized carbons (Fsp3) is 0.886. The molecule has 2 heteroatoms. The average Bonchev–Trinajstić information content (AvgIpc) is 3.04. The molecule has 5 aliphatic rings. The van der Waals surface area contributed by atoms with Gasteiger partial charge in [0.2, 0.25) is 0 Å². The lowest BCUT2D eigenvalue weighted by Gasteiger charge is -2.58. The third-order valence-corrected chi connectivity index (χ3v) is 12.7. The van der Waals surface area contributed by atoms with Gasteiger partial charge in [-0.25, -0.2) is 0 Å². The summed E-state index contributed by atoms with van der Waals surface area (Å²) in [6, 6.07) is 0. The van der Waals surface area contributed by atoms with E-state index in [1.165, 1.54) is 70.6 Å². The first-order chi connectivity index (χ1) is 17.7. The molecule has 0 amide bonds. The SMILES string of the molecule is CC(C)CCCC[C@H]1CCC2C3CC=C4CC(CC(=O)C5CCCCCC5=O)CC[C@]4(C)C3CC[C@@]21C. The Hall–Kier alpha value is -0.920. The first-order valence-corrected chi connectivity index (χ1v) is 16.5. The van der Waals surface area contributed by atoms with Crippen molar-refractivity contribution in [2.75, 3.05) is 0 Å². The molecule has 0 bridgehead atoms. The lowest BCUT2D eigenvalue weighted by Crippen LogP contribution is -2.50. The van der Waals surface area contributed by atoms with Crippen molar-refractivity contribution in [3.63, 3.8) is 0 Å². The molecule has 4 fully saturated rings. The van der Waals surface area contributed by atoms with Crippen LogP contribution in [0.25, 0.3) is 0 Å². The maximum absolute atomic E-state index is 13.2. The zero-order valence-corrected chi connectivity index (χ0v) is 24.7. The summed E-state index contributed by atoms with van der Waals surface area (Å²) < 4.78 is 0. The van der Waals surface area contributed by atoms with Gasteiger partial charge >= 0.3 is 0 Å². The average molecular weight is 509 g/mol. The predicted octanol–water partition coefficient (Wildman–Crippen LogP) is 9.51. The number of unbranched alkanes of at least 4 members (excludes halogenated alkanes) is 1. The number of allylic oxidation sites excluding steroid dienone is 2. The van der Waals surface area contributed by atoms with E-state index in [0.29, 0.717) is 29.6 Å². The van der Waals surface area contributed by atoms with Crippen LogP contribution < -0.4 is 0 Å².